The molecule has 2 aromatic heterocycles. The van der Waals surface area contributed by atoms with Crippen molar-refractivity contribution in [1.82, 2.24) is 4.98 Å². The standard InChI is InChI=1S/C25H22BNO3S/c1-24(2)25(3,4)30-26(29-24)21-20-16-12-8-9-13-17(16)28-18(20)14-19-22(21)27-23(31-19)15-10-6-5-7-11-15/h5-14H,1-4H3. The van der Waals surface area contributed by atoms with Gasteiger partial charge in [-0.2, -0.15) is 0 Å². The summed E-state index contributed by atoms with van der Waals surface area (Å²) in [6, 6.07) is 20.5. The summed E-state index contributed by atoms with van der Waals surface area (Å²) < 4.78 is 20.3. The van der Waals surface area contributed by atoms with Gasteiger partial charge in [-0.15, -0.1) is 11.3 Å². The summed E-state index contributed by atoms with van der Waals surface area (Å²) >= 11 is 1.67. The normalized spacial score (nSPS) is 17.9. The Labute approximate surface area is 184 Å². The molecule has 0 unspecified atom stereocenters. The third kappa shape index (κ3) is 2.79. The van der Waals surface area contributed by atoms with Crippen molar-refractivity contribution in [3.63, 3.8) is 0 Å². The molecule has 0 amide bonds. The van der Waals surface area contributed by atoms with Gasteiger partial charge < -0.3 is 13.7 Å². The maximum absolute atomic E-state index is 6.50. The predicted octanol–water partition coefficient (Wildman–Crippen LogP) is 6.16. The van der Waals surface area contributed by atoms with Crippen molar-refractivity contribution in [3.8, 4) is 10.6 Å². The van der Waals surface area contributed by atoms with E-state index in [1.807, 2.05) is 36.4 Å². The summed E-state index contributed by atoms with van der Waals surface area (Å²) in [5.41, 5.74) is 3.78. The number of fused-ring (bicyclic) bond motifs is 4. The molecule has 6 heteroatoms. The smallest absolute Gasteiger partial charge is 0.456 e. The van der Waals surface area contributed by atoms with E-state index in [9.17, 15) is 0 Å². The van der Waals surface area contributed by atoms with E-state index in [0.29, 0.717) is 0 Å². The van der Waals surface area contributed by atoms with Crippen LogP contribution < -0.4 is 5.46 Å². The van der Waals surface area contributed by atoms with Crippen molar-refractivity contribution < 1.29 is 13.7 Å². The fourth-order valence-corrected chi connectivity index (χ4v) is 5.22. The van der Waals surface area contributed by atoms with Crippen molar-refractivity contribution in [2.24, 2.45) is 0 Å². The predicted molar refractivity (Wildman–Crippen MR) is 128 cm³/mol. The minimum atomic E-state index is -0.525. The molecule has 4 nitrogen and oxygen atoms in total. The van der Waals surface area contributed by atoms with Crippen LogP contribution in [0.1, 0.15) is 27.7 Å². The molecule has 0 atom stereocenters. The first-order valence-electron chi connectivity index (χ1n) is 10.5. The van der Waals surface area contributed by atoms with Crippen LogP contribution in [-0.2, 0) is 9.31 Å². The molecule has 0 N–H and O–H groups in total. The van der Waals surface area contributed by atoms with Crippen molar-refractivity contribution in [2.75, 3.05) is 0 Å². The number of benzene rings is 3. The average molecular weight is 427 g/mol. The first-order chi connectivity index (χ1) is 14.8. The number of thiazole rings is 1. The Morgan fingerprint density at radius 3 is 2.26 bits per heavy atom. The van der Waals surface area contributed by atoms with Gasteiger partial charge in [0.1, 0.15) is 16.2 Å². The molecule has 0 bridgehead atoms. The van der Waals surface area contributed by atoms with Gasteiger partial charge in [-0.3, -0.25) is 0 Å². The SMILES string of the molecule is CC1(C)OB(c2c3nc(-c4ccccc4)sc3cc3oc4ccccc4c23)OC1(C)C. The van der Waals surface area contributed by atoms with Crippen molar-refractivity contribution in [1.29, 1.82) is 0 Å². The molecular formula is C25H22BNO3S. The molecule has 1 fully saturated rings. The third-order valence-electron chi connectivity index (χ3n) is 6.57. The van der Waals surface area contributed by atoms with Gasteiger partial charge in [-0.25, -0.2) is 4.98 Å². The molecule has 3 heterocycles. The van der Waals surface area contributed by atoms with Crippen LogP contribution in [0.3, 0.4) is 0 Å². The van der Waals surface area contributed by atoms with Gasteiger partial charge in [-0.1, -0.05) is 48.5 Å². The van der Waals surface area contributed by atoms with Crippen molar-refractivity contribution in [3.05, 3.63) is 60.7 Å². The second kappa shape index (κ2) is 6.42. The molecule has 1 aliphatic heterocycles. The van der Waals surface area contributed by atoms with Crippen LogP contribution in [0.4, 0.5) is 0 Å². The van der Waals surface area contributed by atoms with Gasteiger partial charge in [0.15, 0.2) is 0 Å². The van der Waals surface area contributed by atoms with Crippen LogP contribution in [-0.4, -0.2) is 23.3 Å². The Morgan fingerprint density at radius 2 is 1.52 bits per heavy atom. The third-order valence-corrected chi connectivity index (χ3v) is 7.62. The van der Waals surface area contributed by atoms with Gasteiger partial charge in [0.2, 0.25) is 0 Å². The minimum absolute atomic E-state index is 0.441. The van der Waals surface area contributed by atoms with Crippen LogP contribution in [0.25, 0.3) is 42.7 Å². The van der Waals surface area contributed by atoms with Gasteiger partial charge in [-0.05, 0) is 33.8 Å². The van der Waals surface area contributed by atoms with Gasteiger partial charge in [0, 0.05) is 27.9 Å². The Morgan fingerprint density at radius 1 is 0.839 bits per heavy atom. The van der Waals surface area contributed by atoms with Gasteiger partial charge in [0.05, 0.1) is 21.4 Å². The van der Waals surface area contributed by atoms with Crippen LogP contribution in [0.2, 0.25) is 0 Å². The maximum atomic E-state index is 6.50. The molecule has 6 rings (SSSR count). The summed E-state index contributed by atoms with van der Waals surface area (Å²) in [5, 5.41) is 3.05. The fraction of sp³-hybridized carbons (Fsp3) is 0.240. The number of nitrogens with zero attached hydrogens (tertiary/aromatic N) is 1. The quantitative estimate of drug-likeness (QED) is 0.317. The molecule has 1 aliphatic rings. The highest BCUT2D eigenvalue weighted by atomic mass is 32.1. The molecule has 0 spiro atoms. The minimum Gasteiger partial charge on any atom is -0.456 e. The summed E-state index contributed by atoms with van der Waals surface area (Å²) in [6.45, 7) is 8.31. The second-order valence-electron chi connectivity index (χ2n) is 9.08. The number of para-hydroxylation sites is 1. The molecule has 0 aliphatic carbocycles. The lowest BCUT2D eigenvalue weighted by Crippen LogP contribution is -2.41. The highest BCUT2D eigenvalue weighted by Gasteiger charge is 2.53. The van der Waals surface area contributed by atoms with Crippen LogP contribution in [0.15, 0.2) is 65.1 Å². The lowest BCUT2D eigenvalue weighted by Gasteiger charge is -2.32. The Bertz CT molecular complexity index is 1440. The molecule has 0 saturated carbocycles. The second-order valence-corrected chi connectivity index (χ2v) is 10.1. The molecular weight excluding hydrogens is 405 g/mol. The van der Waals surface area contributed by atoms with Crippen molar-refractivity contribution in [2.45, 2.75) is 38.9 Å². The van der Waals surface area contributed by atoms with E-state index in [2.05, 4.69) is 52.0 Å². The fourth-order valence-electron chi connectivity index (χ4n) is 4.20. The number of furan rings is 1. The molecule has 3 aromatic carbocycles. The Kier molecular flexibility index (Phi) is 3.95. The molecule has 0 radical (unpaired) electrons. The van der Waals surface area contributed by atoms with E-state index in [1.165, 1.54) is 0 Å². The number of hydrogen-bond donors (Lipinski definition) is 0. The van der Waals surface area contributed by atoms with E-state index in [1.54, 1.807) is 11.3 Å². The highest BCUT2D eigenvalue weighted by molar-refractivity contribution is 7.22. The van der Waals surface area contributed by atoms with Crippen LogP contribution in [0, 0.1) is 0 Å². The Balaban J connectivity index is 1.68. The lowest BCUT2D eigenvalue weighted by atomic mass is 9.75. The maximum Gasteiger partial charge on any atom is 0.497 e. The first-order valence-corrected chi connectivity index (χ1v) is 11.3. The van der Waals surface area contributed by atoms with Crippen LogP contribution in [0.5, 0.6) is 0 Å². The van der Waals surface area contributed by atoms with E-state index in [4.69, 9.17) is 18.7 Å². The molecule has 154 valence electrons. The number of aromatic nitrogens is 1. The number of rotatable bonds is 2. The first kappa shape index (κ1) is 19.1. The zero-order valence-electron chi connectivity index (χ0n) is 17.9. The van der Waals surface area contributed by atoms with Gasteiger partial charge >= 0.3 is 7.12 Å². The number of hydrogen-bond acceptors (Lipinski definition) is 5. The lowest BCUT2D eigenvalue weighted by molar-refractivity contribution is 0.00578. The Hall–Kier alpha value is -2.67. The van der Waals surface area contributed by atoms with Crippen molar-refractivity contribution >= 4 is 56.1 Å². The van der Waals surface area contributed by atoms with Gasteiger partial charge in [0.25, 0.3) is 0 Å². The van der Waals surface area contributed by atoms with Crippen LogP contribution >= 0.6 is 11.3 Å². The zero-order chi connectivity index (χ0) is 21.4. The molecule has 5 aromatic rings. The zero-order valence-corrected chi connectivity index (χ0v) is 18.7. The molecule has 31 heavy (non-hydrogen) atoms. The van der Waals surface area contributed by atoms with E-state index >= 15 is 0 Å². The summed E-state index contributed by atoms with van der Waals surface area (Å²) in [4.78, 5) is 5.08. The monoisotopic (exact) mass is 427 g/mol. The van der Waals surface area contributed by atoms with E-state index < -0.39 is 18.3 Å². The summed E-state index contributed by atoms with van der Waals surface area (Å²) in [6.07, 6.45) is 0. The summed E-state index contributed by atoms with van der Waals surface area (Å²) in [7, 11) is -0.525. The largest absolute Gasteiger partial charge is 0.497 e. The van der Waals surface area contributed by atoms with E-state index in [-0.39, 0.29) is 0 Å². The topological polar surface area (TPSA) is 44.5 Å². The average Bonchev–Trinajstić information content (AvgIpc) is 3.38. The summed E-state index contributed by atoms with van der Waals surface area (Å²) in [5.74, 6) is 0. The molecule has 1 saturated heterocycles. The van der Waals surface area contributed by atoms with E-state index in [0.717, 1.165) is 48.2 Å². The highest BCUT2D eigenvalue weighted by Crippen LogP contribution is 2.41.